The summed E-state index contributed by atoms with van der Waals surface area (Å²) >= 11 is 0. The Balaban J connectivity index is 2.08. The maximum atomic E-state index is 13.0. The molecule has 2 bridgehead atoms. The van der Waals surface area contributed by atoms with Crippen molar-refractivity contribution in [3.05, 3.63) is 29.8 Å². The number of piperidine rings is 1. The molecular formula is C18H24N2O3. The zero-order valence-electron chi connectivity index (χ0n) is 14.2. The molecule has 3 rings (SSSR count). The molecule has 2 amide bonds. The van der Waals surface area contributed by atoms with Crippen molar-refractivity contribution < 1.29 is 14.3 Å². The van der Waals surface area contributed by atoms with Gasteiger partial charge in [-0.1, -0.05) is 18.2 Å². The molecule has 5 heteroatoms. The lowest BCUT2D eigenvalue weighted by molar-refractivity contribution is -0.174. The molecule has 2 aliphatic heterocycles. The maximum Gasteiger partial charge on any atom is 0.238 e. The molecule has 0 radical (unpaired) electrons. The summed E-state index contributed by atoms with van der Waals surface area (Å²) in [4.78, 5) is 29.2. The van der Waals surface area contributed by atoms with E-state index >= 15 is 0 Å². The van der Waals surface area contributed by atoms with Gasteiger partial charge in [-0.05, 0) is 32.4 Å². The molecule has 5 nitrogen and oxygen atoms in total. The molecule has 0 unspecified atom stereocenters. The van der Waals surface area contributed by atoms with E-state index in [1.165, 1.54) is 0 Å². The number of carbonyl (C=O) groups excluding carboxylic acids is 2. The van der Waals surface area contributed by atoms with E-state index in [0.29, 0.717) is 19.5 Å². The summed E-state index contributed by atoms with van der Waals surface area (Å²) in [6.45, 7) is 7.04. The van der Waals surface area contributed by atoms with Crippen molar-refractivity contribution in [1.29, 1.82) is 0 Å². The normalized spacial score (nSPS) is 28.9. The van der Waals surface area contributed by atoms with Gasteiger partial charge >= 0.3 is 0 Å². The van der Waals surface area contributed by atoms with Crippen molar-refractivity contribution in [1.82, 2.24) is 9.80 Å². The highest BCUT2D eigenvalue weighted by Crippen LogP contribution is 2.49. The quantitative estimate of drug-likeness (QED) is 0.804. The van der Waals surface area contributed by atoms with Crippen molar-refractivity contribution in [2.75, 3.05) is 20.1 Å². The number of nitrogens with zero attached hydrogens (tertiary/aromatic N) is 2. The van der Waals surface area contributed by atoms with Gasteiger partial charge in [0.15, 0.2) is 5.72 Å². The molecule has 0 aromatic heterocycles. The third kappa shape index (κ3) is 2.30. The van der Waals surface area contributed by atoms with Gasteiger partial charge in [-0.3, -0.25) is 9.59 Å². The molecule has 124 valence electrons. The number of carbonyl (C=O) groups is 2. The highest BCUT2D eigenvalue weighted by Gasteiger charge is 2.55. The minimum Gasteiger partial charge on any atom is -0.468 e. The van der Waals surface area contributed by atoms with Crippen LogP contribution in [-0.4, -0.2) is 47.5 Å². The van der Waals surface area contributed by atoms with Gasteiger partial charge in [-0.2, -0.15) is 0 Å². The first-order chi connectivity index (χ1) is 10.9. The topological polar surface area (TPSA) is 49.9 Å². The Bertz CT molecular complexity index is 641. The van der Waals surface area contributed by atoms with E-state index in [9.17, 15) is 9.59 Å². The highest BCUT2D eigenvalue weighted by atomic mass is 16.5. The summed E-state index contributed by atoms with van der Waals surface area (Å²) in [5, 5.41) is 0. The molecule has 3 atom stereocenters. The number of para-hydroxylation sites is 1. The van der Waals surface area contributed by atoms with Gasteiger partial charge in [-0.25, -0.2) is 0 Å². The molecule has 1 saturated heterocycles. The predicted molar refractivity (Wildman–Crippen MR) is 87.0 cm³/mol. The number of hydrogen-bond donors (Lipinski definition) is 0. The summed E-state index contributed by atoms with van der Waals surface area (Å²) in [6, 6.07) is 7.75. The predicted octanol–water partition coefficient (Wildman–Crippen LogP) is 2.23. The monoisotopic (exact) mass is 316 g/mol. The number of hydrogen-bond acceptors (Lipinski definition) is 3. The van der Waals surface area contributed by atoms with Crippen molar-refractivity contribution in [2.45, 2.75) is 38.8 Å². The minimum absolute atomic E-state index is 0.0735. The first-order valence-corrected chi connectivity index (χ1v) is 8.27. The van der Waals surface area contributed by atoms with E-state index < -0.39 is 11.6 Å². The summed E-state index contributed by atoms with van der Waals surface area (Å²) in [6.07, 6.45) is 0.643. The van der Waals surface area contributed by atoms with Crippen LogP contribution < -0.4 is 4.74 Å². The number of ether oxygens (including phenoxy) is 1. The first kappa shape index (κ1) is 15.8. The highest BCUT2D eigenvalue weighted by molar-refractivity contribution is 6.02. The van der Waals surface area contributed by atoms with Crippen molar-refractivity contribution >= 4 is 11.8 Å². The molecule has 1 fully saturated rings. The summed E-state index contributed by atoms with van der Waals surface area (Å²) in [5.74, 6) is -0.214. The lowest BCUT2D eigenvalue weighted by atomic mass is 9.73. The van der Waals surface area contributed by atoms with Crippen LogP contribution >= 0.6 is 0 Å². The molecule has 2 heterocycles. The molecule has 0 spiro atoms. The zero-order valence-corrected chi connectivity index (χ0v) is 14.2. The summed E-state index contributed by atoms with van der Waals surface area (Å²) < 4.78 is 6.09. The van der Waals surface area contributed by atoms with Gasteiger partial charge in [-0.15, -0.1) is 0 Å². The van der Waals surface area contributed by atoms with Crippen molar-refractivity contribution in [3.8, 4) is 5.75 Å². The van der Waals surface area contributed by atoms with Gasteiger partial charge in [0.05, 0.1) is 0 Å². The van der Waals surface area contributed by atoms with Gasteiger partial charge < -0.3 is 14.5 Å². The molecule has 0 saturated carbocycles. The van der Waals surface area contributed by atoms with Crippen LogP contribution in [0, 0.1) is 5.92 Å². The number of amides is 2. The van der Waals surface area contributed by atoms with Crippen LogP contribution in [0.5, 0.6) is 5.75 Å². The van der Waals surface area contributed by atoms with Crippen LogP contribution in [-0.2, 0) is 9.59 Å². The Morgan fingerprint density at radius 3 is 2.65 bits per heavy atom. The lowest BCUT2D eigenvalue weighted by Crippen LogP contribution is -2.63. The van der Waals surface area contributed by atoms with E-state index in [-0.39, 0.29) is 17.7 Å². The zero-order chi connectivity index (χ0) is 16.8. The van der Waals surface area contributed by atoms with Crippen LogP contribution in [0.2, 0.25) is 0 Å². The maximum absolute atomic E-state index is 13.0. The van der Waals surface area contributed by atoms with Gasteiger partial charge in [0, 0.05) is 32.5 Å². The largest absolute Gasteiger partial charge is 0.468 e. The average molecular weight is 316 g/mol. The standard InChI is InChI=1S/C18H24N2O3/c1-5-20(6-2)17(22)15-13-11-18(3,19(4)16(15)21)23-14-10-8-7-9-12(13)14/h7-10,13,15H,5-6,11H2,1-4H3/t13-,15+,18-/m0/s1. The third-order valence-corrected chi connectivity index (χ3v) is 5.30. The molecule has 2 aliphatic rings. The SMILES string of the molecule is CCN(CC)C(=O)[C@H]1C(=O)N(C)[C@]2(C)C[C@H]1c1ccccc1O2. The molecule has 0 N–H and O–H groups in total. The van der Waals surface area contributed by atoms with E-state index in [4.69, 9.17) is 4.74 Å². The number of benzene rings is 1. The number of likely N-dealkylation sites (tertiary alicyclic amines) is 1. The fourth-order valence-electron chi connectivity index (χ4n) is 3.80. The minimum atomic E-state index is -0.684. The second kappa shape index (κ2) is 5.55. The second-order valence-corrected chi connectivity index (χ2v) is 6.51. The second-order valence-electron chi connectivity index (χ2n) is 6.51. The van der Waals surface area contributed by atoms with Crippen LogP contribution in [0.15, 0.2) is 24.3 Å². The Morgan fingerprint density at radius 1 is 1.35 bits per heavy atom. The van der Waals surface area contributed by atoms with E-state index in [2.05, 4.69) is 0 Å². The van der Waals surface area contributed by atoms with E-state index in [1.807, 2.05) is 45.0 Å². The Kier molecular flexibility index (Phi) is 3.82. The number of rotatable bonds is 3. The fourth-order valence-corrected chi connectivity index (χ4v) is 3.80. The van der Waals surface area contributed by atoms with Crippen LogP contribution in [0.4, 0.5) is 0 Å². The van der Waals surface area contributed by atoms with E-state index in [1.54, 1.807) is 16.8 Å². The van der Waals surface area contributed by atoms with Crippen molar-refractivity contribution in [2.24, 2.45) is 5.92 Å². The van der Waals surface area contributed by atoms with Crippen LogP contribution in [0.1, 0.15) is 38.7 Å². The average Bonchev–Trinajstić information content (AvgIpc) is 2.54. The first-order valence-electron chi connectivity index (χ1n) is 8.27. The molecule has 1 aromatic carbocycles. The van der Waals surface area contributed by atoms with Crippen molar-refractivity contribution in [3.63, 3.8) is 0 Å². The Morgan fingerprint density at radius 2 is 2.00 bits per heavy atom. The van der Waals surface area contributed by atoms with Gasteiger partial charge in [0.1, 0.15) is 11.7 Å². The van der Waals surface area contributed by atoms with Gasteiger partial charge in [0.25, 0.3) is 0 Å². The molecule has 23 heavy (non-hydrogen) atoms. The summed E-state index contributed by atoms with van der Waals surface area (Å²) in [7, 11) is 1.73. The Labute approximate surface area is 137 Å². The lowest BCUT2D eigenvalue weighted by Gasteiger charge is -2.52. The van der Waals surface area contributed by atoms with E-state index in [0.717, 1.165) is 11.3 Å². The number of fused-ring (bicyclic) bond motifs is 4. The molecule has 0 aliphatic carbocycles. The molecular weight excluding hydrogens is 292 g/mol. The fraction of sp³-hybridized carbons (Fsp3) is 0.556. The smallest absolute Gasteiger partial charge is 0.238 e. The molecule has 1 aromatic rings. The Hall–Kier alpha value is -2.04. The van der Waals surface area contributed by atoms with Gasteiger partial charge in [0.2, 0.25) is 11.8 Å². The third-order valence-electron chi connectivity index (χ3n) is 5.30. The van der Waals surface area contributed by atoms with Crippen LogP contribution in [0.25, 0.3) is 0 Å². The summed E-state index contributed by atoms with van der Waals surface area (Å²) in [5.41, 5.74) is 0.285. The van der Waals surface area contributed by atoms with Crippen LogP contribution in [0.3, 0.4) is 0 Å².